The zero-order valence-corrected chi connectivity index (χ0v) is 9.90. The van der Waals surface area contributed by atoms with E-state index in [1.165, 1.54) is 6.92 Å². The van der Waals surface area contributed by atoms with Crippen LogP contribution in [0.15, 0.2) is 17.1 Å². The molecule has 0 saturated carbocycles. The van der Waals surface area contributed by atoms with Gasteiger partial charge < -0.3 is 20.7 Å². The van der Waals surface area contributed by atoms with E-state index in [2.05, 4.69) is 4.98 Å². The summed E-state index contributed by atoms with van der Waals surface area (Å²) in [5.41, 5.74) is 4.23. The van der Waals surface area contributed by atoms with E-state index < -0.39 is 36.2 Å². The maximum Gasteiger partial charge on any atom is 0.351 e. The minimum absolute atomic E-state index is 0.116. The molecule has 0 aliphatic carbocycles. The molecule has 1 saturated heterocycles. The third kappa shape index (κ3) is 2.20. The first-order valence-corrected chi connectivity index (χ1v) is 5.49. The molecule has 1 aromatic rings. The van der Waals surface area contributed by atoms with E-state index in [9.17, 15) is 23.8 Å². The van der Waals surface area contributed by atoms with Crippen LogP contribution >= 0.6 is 0 Å². The first kappa shape index (κ1) is 13.8. The normalized spacial score (nSPS) is 31.3. The maximum absolute atomic E-state index is 13.9. The number of alkyl halides is 2. The molecule has 2 heterocycles. The van der Waals surface area contributed by atoms with Gasteiger partial charge >= 0.3 is 11.6 Å². The number of halogens is 2. The molecular weight excluding hydrogens is 264 g/mol. The Labute approximate surface area is 106 Å². The highest BCUT2D eigenvalue weighted by atomic mass is 19.3. The van der Waals surface area contributed by atoms with E-state index >= 15 is 0 Å². The van der Waals surface area contributed by atoms with Crippen molar-refractivity contribution in [3.8, 4) is 0 Å². The van der Waals surface area contributed by atoms with E-state index in [0.717, 1.165) is 12.3 Å². The van der Waals surface area contributed by atoms with Crippen molar-refractivity contribution in [1.29, 1.82) is 0 Å². The molecule has 2 rings (SSSR count). The van der Waals surface area contributed by atoms with Crippen LogP contribution in [-0.2, 0) is 4.74 Å². The predicted molar refractivity (Wildman–Crippen MR) is 59.5 cm³/mol. The summed E-state index contributed by atoms with van der Waals surface area (Å²) in [6, 6.07) is 1.16. The average molecular weight is 277 g/mol. The molecule has 1 aliphatic heterocycles. The summed E-state index contributed by atoms with van der Waals surface area (Å²) in [6.07, 6.45) is -6.07. The molecule has 0 spiro atoms. The number of nitrogens with zero attached hydrogens (tertiary/aromatic N) is 2. The third-order valence-corrected chi connectivity index (χ3v) is 2.90. The van der Waals surface area contributed by atoms with Crippen molar-refractivity contribution in [1.82, 2.24) is 9.55 Å². The Kier molecular flexibility index (Phi) is 3.29. The molecule has 1 fully saturated rings. The number of anilines is 1. The first-order valence-electron chi connectivity index (χ1n) is 5.49. The van der Waals surface area contributed by atoms with Gasteiger partial charge in [0.15, 0.2) is 6.10 Å². The molecule has 1 unspecified atom stereocenters. The largest absolute Gasteiger partial charge is 0.391 e. The number of aliphatic hydroxyl groups is 2. The van der Waals surface area contributed by atoms with Gasteiger partial charge in [-0.1, -0.05) is 0 Å². The molecule has 106 valence electrons. The number of hydrogen-bond donors (Lipinski definition) is 3. The van der Waals surface area contributed by atoms with Crippen molar-refractivity contribution in [2.45, 2.75) is 37.4 Å². The highest BCUT2D eigenvalue weighted by Gasteiger charge is 2.60. The van der Waals surface area contributed by atoms with Crippen LogP contribution in [0, 0.1) is 0 Å². The topological polar surface area (TPSA) is 111 Å². The number of aliphatic hydroxyl groups excluding tert-OH is 2. The maximum atomic E-state index is 13.9. The minimum Gasteiger partial charge on any atom is -0.391 e. The number of aromatic nitrogens is 2. The Morgan fingerprint density at radius 3 is 2.74 bits per heavy atom. The van der Waals surface area contributed by atoms with E-state index in [4.69, 9.17) is 10.5 Å². The zero-order chi connectivity index (χ0) is 14.4. The van der Waals surface area contributed by atoms with Crippen LogP contribution < -0.4 is 11.4 Å². The second kappa shape index (κ2) is 4.51. The van der Waals surface area contributed by atoms with Crippen LogP contribution in [0.4, 0.5) is 14.6 Å². The monoisotopic (exact) mass is 277 g/mol. The molecule has 19 heavy (non-hydrogen) atoms. The van der Waals surface area contributed by atoms with Crippen LogP contribution in [0.1, 0.15) is 13.2 Å². The van der Waals surface area contributed by atoms with E-state index in [0.29, 0.717) is 4.57 Å². The van der Waals surface area contributed by atoms with Gasteiger partial charge in [0.1, 0.15) is 11.9 Å². The fourth-order valence-electron chi connectivity index (χ4n) is 1.91. The van der Waals surface area contributed by atoms with Crippen molar-refractivity contribution in [2.24, 2.45) is 0 Å². The van der Waals surface area contributed by atoms with Gasteiger partial charge in [0, 0.05) is 6.20 Å². The summed E-state index contributed by atoms with van der Waals surface area (Å²) in [6.45, 7) is 1.20. The van der Waals surface area contributed by atoms with Gasteiger partial charge in [-0.3, -0.25) is 4.57 Å². The molecule has 4 N–H and O–H groups in total. The van der Waals surface area contributed by atoms with Crippen molar-refractivity contribution < 1.29 is 23.7 Å². The Hall–Kier alpha value is -1.58. The van der Waals surface area contributed by atoms with Crippen molar-refractivity contribution >= 4 is 5.82 Å². The van der Waals surface area contributed by atoms with Gasteiger partial charge in [-0.25, -0.2) is 4.79 Å². The lowest BCUT2D eigenvalue weighted by molar-refractivity contribution is -0.141. The predicted octanol–water partition coefficient (Wildman–Crippen LogP) is -0.900. The molecule has 4 atom stereocenters. The SMILES string of the molecule is CC(O)[C@H]1O[C@@H](n2ccc(N)nc2=O)C(F)(F)[C@@H]1O. The smallest absolute Gasteiger partial charge is 0.351 e. The molecule has 7 nitrogen and oxygen atoms in total. The zero-order valence-electron chi connectivity index (χ0n) is 9.90. The highest BCUT2D eigenvalue weighted by Crippen LogP contribution is 2.43. The van der Waals surface area contributed by atoms with Crippen molar-refractivity contribution in [2.75, 3.05) is 5.73 Å². The van der Waals surface area contributed by atoms with Crippen LogP contribution in [0.2, 0.25) is 0 Å². The van der Waals surface area contributed by atoms with Crippen LogP contribution in [0.3, 0.4) is 0 Å². The number of rotatable bonds is 2. The summed E-state index contributed by atoms with van der Waals surface area (Å²) in [7, 11) is 0. The van der Waals surface area contributed by atoms with Gasteiger partial charge in [0.2, 0.25) is 6.23 Å². The summed E-state index contributed by atoms with van der Waals surface area (Å²) in [5.74, 6) is -3.85. The van der Waals surface area contributed by atoms with E-state index in [1.54, 1.807) is 0 Å². The first-order chi connectivity index (χ1) is 8.75. The fraction of sp³-hybridized carbons (Fsp3) is 0.600. The standard InChI is InChI=1S/C10H13F2N3O4/c1-4(16)6-7(17)10(11,12)8(19-6)15-3-2-5(13)14-9(15)18/h2-4,6-8,16-17H,1H3,(H2,13,14,18)/t4?,6-,7-,8-/m1/s1. The summed E-state index contributed by atoms with van der Waals surface area (Å²) < 4.78 is 33.2. The van der Waals surface area contributed by atoms with Gasteiger partial charge in [-0.2, -0.15) is 13.8 Å². The summed E-state index contributed by atoms with van der Waals surface area (Å²) in [4.78, 5) is 14.8. The van der Waals surface area contributed by atoms with Gasteiger partial charge in [0.05, 0.1) is 6.10 Å². The molecule has 1 aromatic heterocycles. The lowest BCUT2D eigenvalue weighted by Crippen LogP contribution is -2.43. The second-order valence-electron chi connectivity index (χ2n) is 4.36. The lowest BCUT2D eigenvalue weighted by atomic mass is 10.1. The summed E-state index contributed by atoms with van der Waals surface area (Å²) in [5, 5.41) is 18.8. The highest BCUT2D eigenvalue weighted by molar-refractivity contribution is 5.23. The number of nitrogen functional groups attached to an aromatic ring is 1. The van der Waals surface area contributed by atoms with Crippen LogP contribution in [0.25, 0.3) is 0 Å². The molecule has 0 aromatic carbocycles. The third-order valence-electron chi connectivity index (χ3n) is 2.90. The Bertz CT molecular complexity index is 534. The minimum atomic E-state index is -3.73. The molecule has 0 bridgehead atoms. The average Bonchev–Trinajstić information content (AvgIpc) is 2.52. The summed E-state index contributed by atoms with van der Waals surface area (Å²) >= 11 is 0. The Balaban J connectivity index is 2.42. The van der Waals surface area contributed by atoms with Gasteiger partial charge in [-0.15, -0.1) is 0 Å². The van der Waals surface area contributed by atoms with E-state index in [-0.39, 0.29) is 5.82 Å². The van der Waals surface area contributed by atoms with E-state index in [1.807, 2.05) is 0 Å². The molecule has 0 radical (unpaired) electrons. The second-order valence-corrected chi connectivity index (χ2v) is 4.36. The van der Waals surface area contributed by atoms with Crippen molar-refractivity contribution in [3.63, 3.8) is 0 Å². The molecule has 9 heteroatoms. The van der Waals surface area contributed by atoms with Crippen LogP contribution in [0.5, 0.6) is 0 Å². The molecule has 1 aliphatic rings. The Morgan fingerprint density at radius 2 is 2.26 bits per heavy atom. The quantitative estimate of drug-likeness (QED) is 0.646. The molecular formula is C10H13F2N3O4. The Morgan fingerprint density at radius 1 is 1.63 bits per heavy atom. The van der Waals surface area contributed by atoms with Crippen LogP contribution in [-0.4, -0.2) is 44.0 Å². The fourth-order valence-corrected chi connectivity index (χ4v) is 1.91. The van der Waals surface area contributed by atoms with Gasteiger partial charge in [0.25, 0.3) is 0 Å². The van der Waals surface area contributed by atoms with Crippen molar-refractivity contribution in [3.05, 3.63) is 22.7 Å². The number of ether oxygens (including phenoxy) is 1. The lowest BCUT2D eigenvalue weighted by Gasteiger charge is -2.20. The molecule has 0 amide bonds. The van der Waals surface area contributed by atoms with Gasteiger partial charge in [-0.05, 0) is 13.0 Å². The number of hydrogen-bond acceptors (Lipinski definition) is 6. The number of nitrogens with two attached hydrogens (primary N) is 1.